The molecule has 0 aliphatic heterocycles. The molecular weight excluding hydrogens is 422 g/mol. The monoisotopic (exact) mass is 461 g/mol. The first-order valence-electron chi connectivity index (χ1n) is 12.1. The molecule has 1 rings (SSSR count). The first-order valence-corrected chi connectivity index (χ1v) is 12.1. The van der Waals surface area contributed by atoms with Gasteiger partial charge in [-0.2, -0.15) is 0 Å². The molecule has 0 radical (unpaired) electrons. The lowest BCUT2D eigenvalue weighted by Crippen LogP contribution is -2.11. The van der Waals surface area contributed by atoms with Crippen molar-refractivity contribution in [2.75, 3.05) is 12.4 Å². The number of amides is 1. The van der Waals surface area contributed by atoms with E-state index in [1.165, 1.54) is 7.11 Å². The van der Waals surface area contributed by atoms with Gasteiger partial charge in [0, 0.05) is 12.1 Å². The lowest BCUT2D eigenvalue weighted by molar-refractivity contribution is -0.116. The maximum Gasteiger partial charge on any atom is 0.337 e. The van der Waals surface area contributed by atoms with E-state index in [4.69, 9.17) is 4.74 Å². The smallest absolute Gasteiger partial charge is 0.337 e. The number of hydrogen-bond acceptors (Lipinski definition) is 3. The third-order valence-corrected chi connectivity index (χ3v) is 4.70. The zero-order valence-corrected chi connectivity index (χ0v) is 20.6. The van der Waals surface area contributed by atoms with E-state index >= 15 is 0 Å². The zero-order valence-electron chi connectivity index (χ0n) is 20.6. The number of ether oxygens (including phenoxy) is 1. The summed E-state index contributed by atoms with van der Waals surface area (Å²) in [7, 11) is 1.33. The second-order valence-electron chi connectivity index (χ2n) is 7.57. The minimum Gasteiger partial charge on any atom is -0.465 e. The zero-order chi connectivity index (χ0) is 24.7. The van der Waals surface area contributed by atoms with Crippen LogP contribution in [0.4, 0.5) is 5.69 Å². The van der Waals surface area contributed by atoms with Crippen molar-refractivity contribution in [3.63, 3.8) is 0 Å². The second-order valence-corrected chi connectivity index (χ2v) is 7.57. The van der Waals surface area contributed by atoms with E-state index in [1.807, 2.05) is 6.08 Å². The van der Waals surface area contributed by atoms with Gasteiger partial charge in [0.25, 0.3) is 0 Å². The number of benzene rings is 1. The average molecular weight is 462 g/mol. The summed E-state index contributed by atoms with van der Waals surface area (Å²) in [4.78, 5) is 23.6. The molecule has 182 valence electrons. The van der Waals surface area contributed by atoms with Gasteiger partial charge >= 0.3 is 5.97 Å². The van der Waals surface area contributed by atoms with Gasteiger partial charge in [0.1, 0.15) is 0 Å². The Kier molecular flexibility index (Phi) is 17.0. The van der Waals surface area contributed by atoms with E-state index in [0.717, 1.165) is 38.5 Å². The summed E-state index contributed by atoms with van der Waals surface area (Å²) in [5.41, 5.74) is 1.01. The van der Waals surface area contributed by atoms with Crippen LogP contribution in [0, 0.1) is 0 Å². The van der Waals surface area contributed by atoms with Gasteiger partial charge in [0.2, 0.25) is 5.91 Å². The van der Waals surface area contributed by atoms with Crippen molar-refractivity contribution < 1.29 is 14.3 Å². The van der Waals surface area contributed by atoms with Crippen molar-refractivity contribution in [2.45, 2.75) is 58.3 Å². The van der Waals surface area contributed by atoms with E-state index in [9.17, 15) is 9.59 Å². The number of allylic oxidation sites excluding steroid dienone is 12. The second kappa shape index (κ2) is 20.2. The molecule has 0 atom stereocenters. The Labute approximate surface area is 205 Å². The van der Waals surface area contributed by atoms with Gasteiger partial charge in [0.05, 0.1) is 12.7 Å². The van der Waals surface area contributed by atoms with E-state index in [-0.39, 0.29) is 5.91 Å². The van der Waals surface area contributed by atoms with Gasteiger partial charge in [-0.05, 0) is 63.1 Å². The number of carbonyl (C=O) groups excluding carboxylic acids is 2. The molecule has 34 heavy (non-hydrogen) atoms. The van der Waals surface area contributed by atoms with Gasteiger partial charge in [-0.15, -0.1) is 0 Å². The summed E-state index contributed by atoms with van der Waals surface area (Å²) in [5.74, 6) is -0.504. The van der Waals surface area contributed by atoms with Gasteiger partial charge in [0.15, 0.2) is 0 Å². The Morgan fingerprint density at radius 2 is 1.26 bits per heavy atom. The van der Waals surface area contributed by atoms with E-state index < -0.39 is 5.97 Å². The molecule has 0 fully saturated rings. The van der Waals surface area contributed by atoms with Gasteiger partial charge in [-0.1, -0.05) is 85.9 Å². The molecule has 0 saturated heterocycles. The molecule has 1 aromatic rings. The number of esters is 1. The first-order chi connectivity index (χ1) is 16.7. The van der Waals surface area contributed by atoms with Crippen molar-refractivity contribution in [1.29, 1.82) is 0 Å². The Hall–Kier alpha value is -3.40. The molecule has 0 aliphatic rings. The number of rotatable bonds is 16. The minimum atomic E-state index is -0.422. The average Bonchev–Trinajstić information content (AvgIpc) is 2.85. The lowest BCUT2D eigenvalue weighted by atomic mass is 10.2. The fraction of sp³-hybridized carbons (Fsp3) is 0.333. The van der Waals surface area contributed by atoms with Crippen LogP contribution in [0.3, 0.4) is 0 Å². The first kappa shape index (κ1) is 28.6. The van der Waals surface area contributed by atoms with Crippen LogP contribution in [0.5, 0.6) is 0 Å². The Bertz CT molecular complexity index is 888. The Morgan fingerprint density at radius 1 is 0.765 bits per heavy atom. The molecule has 0 heterocycles. The summed E-state index contributed by atoms with van der Waals surface area (Å²) in [6, 6.07) is 6.73. The van der Waals surface area contributed by atoms with Crippen molar-refractivity contribution in [3.8, 4) is 0 Å². The number of nitrogens with one attached hydrogen (secondary N) is 1. The molecule has 0 spiro atoms. The van der Waals surface area contributed by atoms with Crippen LogP contribution in [-0.2, 0) is 9.53 Å². The third kappa shape index (κ3) is 15.4. The molecule has 4 nitrogen and oxygen atoms in total. The topological polar surface area (TPSA) is 55.4 Å². The molecule has 0 bridgehead atoms. The lowest BCUT2D eigenvalue weighted by Gasteiger charge is -2.06. The maximum atomic E-state index is 12.1. The normalized spacial score (nSPS) is 12.3. The molecular formula is C30H39NO3. The van der Waals surface area contributed by atoms with E-state index in [1.54, 1.807) is 24.3 Å². The molecule has 0 unspecified atom stereocenters. The fourth-order valence-electron chi connectivity index (χ4n) is 2.92. The van der Waals surface area contributed by atoms with Crippen LogP contribution in [0.2, 0.25) is 0 Å². The molecule has 1 N–H and O–H groups in total. The maximum absolute atomic E-state index is 12.1. The summed E-state index contributed by atoms with van der Waals surface area (Å²) in [6.07, 6.45) is 32.8. The van der Waals surface area contributed by atoms with Gasteiger partial charge in [-0.25, -0.2) is 4.79 Å². The summed E-state index contributed by atoms with van der Waals surface area (Å²) in [5, 5.41) is 2.81. The predicted octanol–water partition coefficient (Wildman–Crippen LogP) is 7.89. The molecule has 0 saturated carbocycles. The Balaban J connectivity index is 2.09. The third-order valence-electron chi connectivity index (χ3n) is 4.70. The quantitative estimate of drug-likeness (QED) is 0.201. The van der Waals surface area contributed by atoms with Crippen molar-refractivity contribution >= 4 is 17.6 Å². The fourth-order valence-corrected chi connectivity index (χ4v) is 2.92. The van der Waals surface area contributed by atoms with Crippen LogP contribution in [-0.4, -0.2) is 19.0 Å². The Morgan fingerprint density at radius 3 is 1.76 bits per heavy atom. The summed E-state index contributed by atoms with van der Waals surface area (Å²) in [6.45, 7) is 2.15. The van der Waals surface area contributed by atoms with E-state index in [0.29, 0.717) is 24.1 Å². The molecule has 0 aliphatic carbocycles. The van der Waals surface area contributed by atoms with E-state index in [2.05, 4.69) is 79.1 Å². The number of anilines is 1. The number of carbonyl (C=O) groups is 2. The predicted molar refractivity (Wildman–Crippen MR) is 144 cm³/mol. The summed E-state index contributed by atoms with van der Waals surface area (Å²) >= 11 is 0. The molecule has 0 aromatic heterocycles. The van der Waals surface area contributed by atoms with Crippen molar-refractivity contribution in [3.05, 3.63) is 103 Å². The standard InChI is InChI=1S/C30H39NO3/c1-3-4-5-6-7-8-9-10-11-12-13-14-15-16-17-18-19-20-21-25-29(32)31-28-24-22-23-27(26-28)30(33)34-2/h4-5,7-8,10-11,13-14,16-17,19-20,22-24,26H,3,6,9,12,15,18,21,25H2,1-2H3,(H,31,32)/b5-4-,8-7-,11-10-,14-13-,17-16-,20-19-. The van der Waals surface area contributed by atoms with Crippen molar-refractivity contribution in [2.24, 2.45) is 0 Å². The van der Waals surface area contributed by atoms with Crippen molar-refractivity contribution in [1.82, 2.24) is 0 Å². The van der Waals surface area contributed by atoms with Crippen LogP contribution in [0.15, 0.2) is 97.2 Å². The minimum absolute atomic E-state index is 0.0819. The van der Waals surface area contributed by atoms with Crippen LogP contribution < -0.4 is 5.32 Å². The van der Waals surface area contributed by atoms with Crippen LogP contribution in [0.25, 0.3) is 0 Å². The van der Waals surface area contributed by atoms with Crippen LogP contribution in [0.1, 0.15) is 68.6 Å². The molecule has 4 heteroatoms. The molecule has 1 aromatic carbocycles. The molecule has 1 amide bonds. The van der Waals surface area contributed by atoms with Gasteiger partial charge in [-0.3, -0.25) is 4.79 Å². The highest BCUT2D eigenvalue weighted by Gasteiger charge is 2.07. The highest BCUT2D eigenvalue weighted by atomic mass is 16.5. The highest BCUT2D eigenvalue weighted by Crippen LogP contribution is 2.12. The number of hydrogen-bond donors (Lipinski definition) is 1. The van der Waals surface area contributed by atoms with Crippen LogP contribution >= 0.6 is 0 Å². The SMILES string of the molecule is CC/C=C\C/C=C\C/C=C\C/C=C\C/C=C\C/C=C\CCC(=O)Nc1cccc(C(=O)OC)c1. The largest absolute Gasteiger partial charge is 0.465 e. The summed E-state index contributed by atoms with van der Waals surface area (Å²) < 4.78 is 4.69. The number of methoxy groups -OCH3 is 1. The highest BCUT2D eigenvalue weighted by molar-refractivity contribution is 5.94. The van der Waals surface area contributed by atoms with Gasteiger partial charge < -0.3 is 10.1 Å².